The highest BCUT2D eigenvalue weighted by atomic mass is 33.8. The molecule has 0 aromatic carbocycles. The summed E-state index contributed by atoms with van der Waals surface area (Å²) in [5.74, 6) is 0. The molecule has 0 aromatic heterocycles. The zero-order chi connectivity index (χ0) is 7.98. The van der Waals surface area contributed by atoms with Crippen LogP contribution < -0.4 is 0 Å². The first-order valence-electron chi connectivity index (χ1n) is 3.04. The highest BCUT2D eigenvalue weighted by Crippen LogP contribution is 2.73. The first-order chi connectivity index (χ1) is 4.70. The van der Waals surface area contributed by atoms with Gasteiger partial charge in [-0.05, 0) is 11.2 Å². The molecule has 0 nitrogen and oxygen atoms in total. The van der Waals surface area contributed by atoms with Gasteiger partial charge in [0.05, 0.1) is 8.11 Å². The van der Waals surface area contributed by atoms with Gasteiger partial charge in [-0.1, -0.05) is 26.7 Å². The van der Waals surface area contributed by atoms with E-state index >= 15 is 0 Å². The third-order valence-corrected chi connectivity index (χ3v) is 23.5. The number of rotatable bonds is 1. The van der Waals surface area contributed by atoms with Crippen LogP contribution >= 0.6 is 23.5 Å². The Bertz CT molecular complexity index is 111. The van der Waals surface area contributed by atoms with E-state index in [0.717, 1.165) is 7.47 Å². The van der Waals surface area contributed by atoms with E-state index in [9.17, 15) is 0 Å². The minimum atomic E-state index is -0.0211. The first-order valence-corrected chi connectivity index (χ1v) is 12.1. The fraction of sp³-hybridized carbons (Fsp3) is 1.00. The Labute approximate surface area is 80.9 Å². The molecule has 0 spiro atoms. The summed E-state index contributed by atoms with van der Waals surface area (Å²) in [5.41, 5.74) is -0.0211. The summed E-state index contributed by atoms with van der Waals surface area (Å²) in [7, 11) is 3.05. The molecule has 0 aliphatic carbocycles. The van der Waals surface area contributed by atoms with Gasteiger partial charge in [0.2, 0.25) is 7.47 Å². The highest BCUT2D eigenvalue weighted by molar-refractivity contribution is 9.37. The Morgan fingerprint density at radius 3 is 1.90 bits per heavy atom. The normalized spacial score (nSPS) is 28.6. The lowest BCUT2D eigenvalue weighted by atomic mass is 10.4. The lowest BCUT2D eigenvalue weighted by molar-refractivity contribution is 0.886. The molecule has 1 heterocycles. The smallest absolute Gasteiger partial charge is 0.0654 e. The number of unbranched alkanes of at least 4 members (excludes halogenated alkanes) is 1. The molecule has 1 fully saturated rings. The van der Waals surface area contributed by atoms with Gasteiger partial charge in [0.15, 0.2) is 22.2 Å². The molecule has 0 N–H and O–H groups in total. The summed E-state index contributed by atoms with van der Waals surface area (Å²) in [6.45, 7) is 4.36. The second-order valence-electron chi connectivity index (χ2n) is 1.66. The third kappa shape index (κ3) is 6.57. The van der Waals surface area contributed by atoms with Gasteiger partial charge in [-0.25, -0.2) is 0 Å². The fourth-order valence-electron chi connectivity index (χ4n) is 0.126. The monoisotopic (exact) mass is 249 g/mol. The van der Waals surface area contributed by atoms with Crippen molar-refractivity contribution in [3.05, 3.63) is 0 Å². The van der Waals surface area contributed by atoms with Crippen molar-refractivity contribution in [2.24, 2.45) is 0 Å². The summed E-state index contributed by atoms with van der Waals surface area (Å²) in [6.07, 6.45) is 2.64. The van der Waals surface area contributed by atoms with E-state index in [2.05, 4.69) is 13.8 Å². The largest absolute Gasteiger partial charge is 0.284 e. The maximum absolute atomic E-state index is 4.92. The molecule has 0 bridgehead atoms. The van der Waals surface area contributed by atoms with Crippen LogP contribution in [0.1, 0.15) is 26.7 Å². The summed E-state index contributed by atoms with van der Waals surface area (Å²) in [5, 5.41) is 0. The molecule has 0 radical (unpaired) electrons. The summed E-state index contributed by atoms with van der Waals surface area (Å²) in [4.78, 5) is 0. The van der Waals surface area contributed by atoms with Gasteiger partial charge in [-0.3, -0.25) is 0 Å². The maximum Gasteiger partial charge on any atom is 0.284 e. The van der Waals surface area contributed by atoms with Crippen LogP contribution in [0.25, 0.3) is 0 Å². The number of hydrogen-bond acceptors (Lipinski definition) is 3. The molecular formula is C4H11P2S4+. The summed E-state index contributed by atoms with van der Waals surface area (Å²) in [6, 6.07) is 0. The zero-order valence-electron chi connectivity index (χ0n) is 5.99. The zero-order valence-corrected chi connectivity index (χ0v) is 11.2. The lowest BCUT2D eigenvalue weighted by Gasteiger charge is -1.95. The van der Waals surface area contributed by atoms with Crippen LogP contribution in [0, 0.1) is 0 Å². The van der Waals surface area contributed by atoms with Gasteiger partial charge in [-0.15, -0.1) is 0 Å². The standard InChI is InChI=1S/C4H10.HP2S4/c1-3-4-2;3-2-1-6(4)5-2/h3-4H2,1-2H3;1H/q;+1. The van der Waals surface area contributed by atoms with Crippen molar-refractivity contribution in [3.8, 4) is 0 Å². The van der Waals surface area contributed by atoms with E-state index in [1.165, 1.54) is 12.8 Å². The van der Waals surface area contributed by atoms with Gasteiger partial charge in [0.25, 0.3) is 5.59 Å². The van der Waals surface area contributed by atoms with E-state index < -0.39 is 0 Å². The van der Waals surface area contributed by atoms with E-state index in [1.54, 1.807) is 0 Å². The molecule has 6 heteroatoms. The lowest BCUT2D eigenvalue weighted by Crippen LogP contribution is -1.65. The molecule has 1 aliphatic rings. The van der Waals surface area contributed by atoms with Crippen molar-refractivity contribution in [1.29, 1.82) is 0 Å². The molecule has 1 rings (SSSR count). The molecule has 3 unspecified atom stereocenters. The van der Waals surface area contributed by atoms with E-state index in [1.807, 2.05) is 10.4 Å². The Morgan fingerprint density at radius 2 is 1.90 bits per heavy atom. The number of hydrogen-bond donors (Lipinski definition) is 0. The average molecular weight is 249 g/mol. The molecular weight excluding hydrogens is 238 g/mol. The Hall–Kier alpha value is 1.87. The maximum atomic E-state index is 4.92. The van der Waals surface area contributed by atoms with Crippen LogP contribution in [0.2, 0.25) is 0 Å². The molecule has 0 saturated carbocycles. The van der Waals surface area contributed by atoms with Crippen molar-refractivity contribution in [1.82, 2.24) is 0 Å². The quantitative estimate of drug-likeness (QED) is 0.511. The fourth-order valence-corrected chi connectivity index (χ4v) is 24.5. The van der Waals surface area contributed by atoms with Crippen LogP contribution in [0.5, 0.6) is 0 Å². The van der Waals surface area contributed by atoms with Crippen LogP contribution in [-0.4, -0.2) is 0 Å². The molecule has 0 amide bonds. The molecule has 0 aromatic rings. The second-order valence-corrected chi connectivity index (χ2v) is 18.8. The molecule has 1 aliphatic heterocycles. The van der Waals surface area contributed by atoms with Gasteiger partial charge < -0.3 is 0 Å². The molecule has 3 atom stereocenters. The average Bonchev–Trinajstić information content (AvgIpc) is 1.87. The molecule has 60 valence electrons. The molecule has 10 heavy (non-hydrogen) atoms. The van der Waals surface area contributed by atoms with Crippen molar-refractivity contribution in [2.45, 2.75) is 26.7 Å². The van der Waals surface area contributed by atoms with Crippen molar-refractivity contribution < 1.29 is 0 Å². The first kappa shape index (κ1) is 11.9. The van der Waals surface area contributed by atoms with Gasteiger partial charge >= 0.3 is 0 Å². The third-order valence-electron chi connectivity index (χ3n) is 0.784. The Balaban J connectivity index is 0.000000180. The minimum absolute atomic E-state index is 0.0211. The van der Waals surface area contributed by atoms with E-state index in [0.29, 0.717) is 0 Å². The summed E-state index contributed by atoms with van der Waals surface area (Å²) < 4.78 is 0. The van der Waals surface area contributed by atoms with Gasteiger partial charge in [0, 0.05) is 0 Å². The molecule has 1 saturated heterocycles. The highest BCUT2D eigenvalue weighted by Gasteiger charge is 2.30. The predicted octanol–water partition coefficient (Wildman–Crippen LogP) is 3.90. The SMILES string of the molecule is CCCC.S=[P+]1PS(=S)S1. The Kier molecular flexibility index (Phi) is 8.92. The van der Waals surface area contributed by atoms with Crippen LogP contribution in [0.4, 0.5) is 0 Å². The topological polar surface area (TPSA) is 0 Å². The van der Waals surface area contributed by atoms with Gasteiger partial charge in [0.1, 0.15) is 0 Å². The van der Waals surface area contributed by atoms with Gasteiger partial charge in [-0.2, -0.15) is 0 Å². The van der Waals surface area contributed by atoms with Crippen molar-refractivity contribution in [3.63, 3.8) is 0 Å². The van der Waals surface area contributed by atoms with E-state index in [-0.39, 0.29) is 13.7 Å². The van der Waals surface area contributed by atoms with Crippen LogP contribution in [0.3, 0.4) is 0 Å². The van der Waals surface area contributed by atoms with Crippen molar-refractivity contribution in [2.75, 3.05) is 0 Å². The second kappa shape index (κ2) is 7.52. The van der Waals surface area contributed by atoms with E-state index in [4.69, 9.17) is 23.0 Å². The minimum Gasteiger partial charge on any atom is -0.0654 e. The summed E-state index contributed by atoms with van der Waals surface area (Å²) >= 11 is 9.82. The predicted molar refractivity (Wildman–Crippen MR) is 65.5 cm³/mol. The van der Waals surface area contributed by atoms with Crippen LogP contribution in [-0.2, 0) is 31.1 Å². The Morgan fingerprint density at radius 1 is 1.50 bits per heavy atom. The van der Waals surface area contributed by atoms with Crippen molar-refractivity contribution >= 4 is 54.6 Å². The van der Waals surface area contributed by atoms with Crippen LogP contribution in [0.15, 0.2) is 0 Å².